The third-order valence-electron chi connectivity index (χ3n) is 5.65. The zero-order valence-corrected chi connectivity index (χ0v) is 17.8. The maximum atomic E-state index is 12.7. The predicted molar refractivity (Wildman–Crippen MR) is 119 cm³/mol. The van der Waals surface area contributed by atoms with Gasteiger partial charge in [-0.05, 0) is 50.5 Å². The van der Waals surface area contributed by atoms with Crippen molar-refractivity contribution in [2.45, 2.75) is 45.2 Å². The maximum absolute atomic E-state index is 12.7. The first-order valence-electron chi connectivity index (χ1n) is 10.6. The third kappa shape index (κ3) is 5.59. The van der Waals surface area contributed by atoms with Crippen LogP contribution in [0.15, 0.2) is 48.5 Å². The van der Waals surface area contributed by atoms with E-state index in [4.69, 9.17) is 0 Å². The van der Waals surface area contributed by atoms with Gasteiger partial charge in [-0.25, -0.2) is 0 Å². The van der Waals surface area contributed by atoms with Crippen LogP contribution in [0.5, 0.6) is 0 Å². The molecule has 2 aromatic rings. The van der Waals surface area contributed by atoms with E-state index in [1.165, 1.54) is 24.3 Å². The van der Waals surface area contributed by atoms with Crippen LogP contribution in [-0.4, -0.2) is 41.9 Å². The summed E-state index contributed by atoms with van der Waals surface area (Å²) in [6.45, 7) is 5.46. The highest BCUT2D eigenvalue weighted by atomic mass is 16.6. The van der Waals surface area contributed by atoms with Crippen LogP contribution in [0.4, 0.5) is 11.4 Å². The number of nitrogens with one attached hydrogen (secondary N) is 2. The number of hydrogen-bond donors (Lipinski definition) is 2. The molecule has 1 aliphatic heterocycles. The largest absolute Gasteiger partial charge is 0.371 e. The molecule has 0 radical (unpaired) electrons. The Kier molecular flexibility index (Phi) is 7.23. The van der Waals surface area contributed by atoms with Gasteiger partial charge < -0.3 is 15.5 Å². The first-order chi connectivity index (χ1) is 14.9. The van der Waals surface area contributed by atoms with Gasteiger partial charge >= 0.3 is 0 Å². The van der Waals surface area contributed by atoms with Gasteiger partial charge in [-0.2, -0.15) is 0 Å². The Labute approximate surface area is 181 Å². The van der Waals surface area contributed by atoms with Crippen LogP contribution in [0.25, 0.3) is 0 Å². The summed E-state index contributed by atoms with van der Waals surface area (Å²) in [6.07, 6.45) is 2.37. The summed E-state index contributed by atoms with van der Waals surface area (Å²) < 4.78 is 0. The molecule has 0 aromatic heterocycles. The lowest BCUT2D eigenvalue weighted by molar-refractivity contribution is -0.384. The Hall–Kier alpha value is -3.42. The number of amides is 2. The molecule has 1 fully saturated rings. The first kappa shape index (κ1) is 22.3. The average Bonchev–Trinajstić information content (AvgIpc) is 2.79. The van der Waals surface area contributed by atoms with Crippen molar-refractivity contribution in [3.05, 3.63) is 69.8 Å². The molecular formula is C23H28N4O4. The van der Waals surface area contributed by atoms with Crippen molar-refractivity contribution < 1.29 is 14.5 Å². The van der Waals surface area contributed by atoms with E-state index >= 15 is 0 Å². The van der Waals surface area contributed by atoms with Crippen LogP contribution in [0.2, 0.25) is 0 Å². The van der Waals surface area contributed by atoms with Crippen LogP contribution >= 0.6 is 0 Å². The lowest BCUT2D eigenvalue weighted by Crippen LogP contribution is -2.45. The molecule has 0 bridgehead atoms. The summed E-state index contributed by atoms with van der Waals surface area (Å²) >= 11 is 0. The smallest absolute Gasteiger partial charge is 0.269 e. The van der Waals surface area contributed by atoms with Gasteiger partial charge in [0.1, 0.15) is 0 Å². The van der Waals surface area contributed by atoms with Gasteiger partial charge in [0.15, 0.2) is 0 Å². The second-order valence-corrected chi connectivity index (χ2v) is 7.84. The standard InChI is InChI=1S/C23H28N4O4/c1-3-16(2)24-23(29)20-6-4-5-7-21(20)26-14-12-18(13-15-26)25-22(28)17-8-10-19(11-9-17)27(30)31/h4-11,16,18H,3,12-15H2,1-2H3,(H,24,29)(H,25,28)/t16-/m0/s1. The lowest BCUT2D eigenvalue weighted by atomic mass is 10.0. The first-order valence-corrected chi connectivity index (χ1v) is 10.6. The summed E-state index contributed by atoms with van der Waals surface area (Å²) in [7, 11) is 0. The number of non-ortho nitro benzene ring substituents is 1. The highest BCUT2D eigenvalue weighted by Gasteiger charge is 2.24. The molecule has 2 N–H and O–H groups in total. The van der Waals surface area contributed by atoms with Crippen LogP contribution in [0.1, 0.15) is 53.8 Å². The van der Waals surface area contributed by atoms with Crippen molar-refractivity contribution in [1.29, 1.82) is 0 Å². The molecule has 0 unspecified atom stereocenters. The van der Waals surface area contributed by atoms with Gasteiger partial charge in [0.05, 0.1) is 10.5 Å². The van der Waals surface area contributed by atoms with E-state index in [0.29, 0.717) is 11.1 Å². The fraction of sp³-hybridized carbons (Fsp3) is 0.391. The monoisotopic (exact) mass is 424 g/mol. The topological polar surface area (TPSA) is 105 Å². The molecule has 2 amide bonds. The number of anilines is 1. The summed E-state index contributed by atoms with van der Waals surface area (Å²) in [4.78, 5) is 37.6. The molecule has 2 aromatic carbocycles. The van der Waals surface area contributed by atoms with Crippen molar-refractivity contribution in [3.63, 3.8) is 0 Å². The summed E-state index contributed by atoms with van der Waals surface area (Å²) in [5.41, 5.74) is 1.93. The third-order valence-corrected chi connectivity index (χ3v) is 5.65. The maximum Gasteiger partial charge on any atom is 0.269 e. The van der Waals surface area contributed by atoms with Crippen LogP contribution in [-0.2, 0) is 0 Å². The van der Waals surface area contributed by atoms with E-state index in [2.05, 4.69) is 15.5 Å². The van der Waals surface area contributed by atoms with E-state index in [1.54, 1.807) is 0 Å². The Bertz CT molecular complexity index is 937. The number of carbonyl (C=O) groups excluding carboxylic acids is 2. The predicted octanol–water partition coefficient (Wildman–Crippen LogP) is 3.52. The minimum absolute atomic E-state index is 0.0139. The molecule has 0 saturated carbocycles. The average molecular weight is 425 g/mol. The molecule has 0 aliphatic carbocycles. The summed E-state index contributed by atoms with van der Waals surface area (Å²) in [5, 5.41) is 16.8. The van der Waals surface area contributed by atoms with E-state index < -0.39 is 4.92 Å². The molecule has 31 heavy (non-hydrogen) atoms. The van der Waals surface area contributed by atoms with Crippen molar-refractivity contribution >= 4 is 23.2 Å². The van der Waals surface area contributed by atoms with Gasteiger partial charge in [0.25, 0.3) is 17.5 Å². The number of hydrogen-bond acceptors (Lipinski definition) is 5. The Balaban J connectivity index is 1.59. The second kappa shape index (κ2) is 10.1. The van der Waals surface area contributed by atoms with E-state index in [-0.39, 0.29) is 29.6 Å². The van der Waals surface area contributed by atoms with Crippen molar-refractivity contribution in [3.8, 4) is 0 Å². The Morgan fingerprint density at radius 1 is 1.10 bits per heavy atom. The molecule has 1 aliphatic rings. The molecule has 3 rings (SSSR count). The van der Waals surface area contributed by atoms with E-state index in [9.17, 15) is 19.7 Å². The molecule has 8 nitrogen and oxygen atoms in total. The Morgan fingerprint density at radius 3 is 2.35 bits per heavy atom. The zero-order chi connectivity index (χ0) is 22.4. The van der Waals surface area contributed by atoms with Crippen molar-refractivity contribution in [2.75, 3.05) is 18.0 Å². The molecular weight excluding hydrogens is 396 g/mol. The molecule has 8 heteroatoms. The minimum Gasteiger partial charge on any atom is -0.371 e. The van der Waals surface area contributed by atoms with Crippen LogP contribution in [0, 0.1) is 10.1 Å². The molecule has 1 saturated heterocycles. The highest BCUT2D eigenvalue weighted by molar-refractivity contribution is 6.00. The van der Waals surface area contributed by atoms with Crippen molar-refractivity contribution in [2.24, 2.45) is 0 Å². The number of benzene rings is 2. The minimum atomic E-state index is -0.488. The number of rotatable bonds is 7. The number of carbonyl (C=O) groups is 2. The fourth-order valence-electron chi connectivity index (χ4n) is 3.61. The molecule has 1 atom stereocenters. The second-order valence-electron chi connectivity index (χ2n) is 7.84. The quantitative estimate of drug-likeness (QED) is 0.523. The van der Waals surface area contributed by atoms with Crippen LogP contribution in [0.3, 0.4) is 0 Å². The van der Waals surface area contributed by atoms with E-state index in [1.807, 2.05) is 38.1 Å². The summed E-state index contributed by atoms with van der Waals surface area (Å²) in [5.74, 6) is -0.305. The molecule has 164 valence electrons. The van der Waals surface area contributed by atoms with E-state index in [0.717, 1.165) is 38.0 Å². The summed E-state index contributed by atoms with van der Waals surface area (Å²) in [6, 6.07) is 13.3. The number of piperidine rings is 1. The van der Waals surface area contributed by atoms with Gasteiger partial charge in [0.2, 0.25) is 0 Å². The van der Waals surface area contributed by atoms with Crippen LogP contribution < -0.4 is 15.5 Å². The van der Waals surface area contributed by atoms with Gasteiger partial charge in [-0.1, -0.05) is 19.1 Å². The van der Waals surface area contributed by atoms with Gasteiger partial charge in [0, 0.05) is 48.6 Å². The van der Waals surface area contributed by atoms with Gasteiger partial charge in [-0.3, -0.25) is 19.7 Å². The zero-order valence-electron chi connectivity index (χ0n) is 17.8. The lowest BCUT2D eigenvalue weighted by Gasteiger charge is -2.35. The van der Waals surface area contributed by atoms with Crippen molar-refractivity contribution in [1.82, 2.24) is 10.6 Å². The normalized spacial score (nSPS) is 15.2. The molecule has 1 heterocycles. The number of nitro groups is 1. The number of para-hydroxylation sites is 1. The number of nitrogens with zero attached hydrogens (tertiary/aromatic N) is 2. The molecule has 0 spiro atoms. The highest BCUT2D eigenvalue weighted by Crippen LogP contribution is 2.25. The SMILES string of the molecule is CC[C@H](C)NC(=O)c1ccccc1N1CCC(NC(=O)c2ccc([N+](=O)[O-])cc2)CC1. The number of nitro benzene ring substituents is 1. The van der Waals surface area contributed by atoms with Gasteiger partial charge in [-0.15, -0.1) is 0 Å². The fourth-order valence-corrected chi connectivity index (χ4v) is 3.61. The Morgan fingerprint density at radius 2 is 1.74 bits per heavy atom.